The molecule has 0 unspecified atom stereocenters. The lowest BCUT2D eigenvalue weighted by Gasteiger charge is -2.19. The standard InChI is InChI=1S/C16H17N3S/c1-16(2,3)11-4-6-12(7-5-11)19-14-8-9-17-10-13(14)18-15(19)20/h4-10H,1-3H3,(H,18,20). The number of nitrogens with one attached hydrogen (secondary N) is 1. The van der Waals surface area contributed by atoms with E-state index >= 15 is 0 Å². The summed E-state index contributed by atoms with van der Waals surface area (Å²) in [5, 5.41) is 0. The average Bonchev–Trinajstić information content (AvgIpc) is 2.73. The van der Waals surface area contributed by atoms with Crippen molar-refractivity contribution in [2.24, 2.45) is 0 Å². The number of benzene rings is 1. The minimum absolute atomic E-state index is 0.157. The van der Waals surface area contributed by atoms with E-state index in [0.717, 1.165) is 16.7 Å². The van der Waals surface area contributed by atoms with Crippen LogP contribution in [0.25, 0.3) is 16.7 Å². The minimum atomic E-state index is 0.157. The Morgan fingerprint density at radius 2 is 1.80 bits per heavy atom. The number of aromatic nitrogens is 3. The predicted molar refractivity (Wildman–Crippen MR) is 85.0 cm³/mol. The van der Waals surface area contributed by atoms with Gasteiger partial charge in [0.15, 0.2) is 4.77 Å². The van der Waals surface area contributed by atoms with Gasteiger partial charge in [0, 0.05) is 11.9 Å². The second kappa shape index (κ2) is 4.56. The number of nitrogens with zero attached hydrogens (tertiary/aromatic N) is 2. The fourth-order valence-corrected chi connectivity index (χ4v) is 2.64. The average molecular weight is 283 g/mol. The Labute approximate surface area is 123 Å². The molecule has 2 heterocycles. The molecule has 102 valence electrons. The van der Waals surface area contributed by atoms with Crippen LogP contribution in [-0.2, 0) is 5.41 Å². The Morgan fingerprint density at radius 1 is 1.10 bits per heavy atom. The van der Waals surface area contributed by atoms with Crippen LogP contribution < -0.4 is 0 Å². The lowest BCUT2D eigenvalue weighted by atomic mass is 9.87. The minimum Gasteiger partial charge on any atom is -0.329 e. The Hall–Kier alpha value is -1.94. The molecular weight excluding hydrogens is 266 g/mol. The quantitative estimate of drug-likeness (QED) is 0.672. The van der Waals surface area contributed by atoms with E-state index in [9.17, 15) is 0 Å². The molecule has 0 amide bonds. The third-order valence-electron chi connectivity index (χ3n) is 3.48. The van der Waals surface area contributed by atoms with E-state index in [1.807, 2.05) is 10.6 Å². The molecule has 2 aromatic heterocycles. The first-order chi connectivity index (χ1) is 9.47. The van der Waals surface area contributed by atoms with Crippen LogP contribution in [0.2, 0.25) is 0 Å². The van der Waals surface area contributed by atoms with Gasteiger partial charge in [0.2, 0.25) is 0 Å². The number of aromatic amines is 1. The number of hydrogen-bond donors (Lipinski definition) is 1. The zero-order chi connectivity index (χ0) is 14.3. The van der Waals surface area contributed by atoms with Crippen LogP contribution in [0.5, 0.6) is 0 Å². The highest BCUT2D eigenvalue weighted by Crippen LogP contribution is 2.24. The lowest BCUT2D eigenvalue weighted by Crippen LogP contribution is -2.10. The number of imidazole rings is 1. The molecule has 0 saturated heterocycles. The molecule has 20 heavy (non-hydrogen) atoms. The molecule has 4 heteroatoms. The largest absolute Gasteiger partial charge is 0.329 e. The third kappa shape index (κ3) is 2.16. The molecule has 3 rings (SSSR count). The van der Waals surface area contributed by atoms with Gasteiger partial charge in [0.1, 0.15) is 0 Å². The summed E-state index contributed by atoms with van der Waals surface area (Å²) in [6, 6.07) is 10.5. The van der Waals surface area contributed by atoms with E-state index in [-0.39, 0.29) is 5.41 Å². The van der Waals surface area contributed by atoms with Crippen molar-refractivity contribution in [3.05, 3.63) is 53.1 Å². The third-order valence-corrected chi connectivity index (χ3v) is 3.76. The van der Waals surface area contributed by atoms with Crippen molar-refractivity contribution in [2.45, 2.75) is 26.2 Å². The van der Waals surface area contributed by atoms with Crippen LogP contribution in [0.1, 0.15) is 26.3 Å². The number of hydrogen-bond acceptors (Lipinski definition) is 2. The smallest absolute Gasteiger partial charge is 0.182 e. The van der Waals surface area contributed by atoms with Crippen LogP contribution >= 0.6 is 12.2 Å². The Morgan fingerprint density at radius 3 is 2.45 bits per heavy atom. The van der Waals surface area contributed by atoms with Crippen molar-refractivity contribution >= 4 is 23.3 Å². The summed E-state index contributed by atoms with van der Waals surface area (Å²) in [6.07, 6.45) is 3.58. The van der Waals surface area contributed by atoms with Gasteiger partial charge in [-0.15, -0.1) is 0 Å². The summed E-state index contributed by atoms with van der Waals surface area (Å²) in [7, 11) is 0. The second-order valence-electron chi connectivity index (χ2n) is 5.96. The molecule has 0 radical (unpaired) electrons. The van der Waals surface area contributed by atoms with Crippen molar-refractivity contribution in [1.29, 1.82) is 0 Å². The summed E-state index contributed by atoms with van der Waals surface area (Å²) < 4.78 is 2.73. The molecule has 1 N–H and O–H groups in total. The van der Waals surface area contributed by atoms with Gasteiger partial charge < -0.3 is 4.98 Å². The van der Waals surface area contributed by atoms with E-state index in [4.69, 9.17) is 12.2 Å². The molecule has 0 atom stereocenters. The van der Waals surface area contributed by atoms with E-state index < -0.39 is 0 Å². The Kier molecular flexibility index (Phi) is 2.98. The van der Waals surface area contributed by atoms with Crippen molar-refractivity contribution in [3.8, 4) is 5.69 Å². The highest BCUT2D eigenvalue weighted by molar-refractivity contribution is 7.71. The van der Waals surface area contributed by atoms with Crippen LogP contribution in [0.3, 0.4) is 0 Å². The maximum atomic E-state index is 5.42. The van der Waals surface area contributed by atoms with Crippen LogP contribution in [-0.4, -0.2) is 14.5 Å². The van der Waals surface area contributed by atoms with Crippen molar-refractivity contribution < 1.29 is 0 Å². The van der Waals surface area contributed by atoms with Gasteiger partial charge in [-0.2, -0.15) is 0 Å². The molecule has 0 saturated carbocycles. The molecule has 0 aliphatic heterocycles. The number of fused-ring (bicyclic) bond motifs is 1. The van der Waals surface area contributed by atoms with Crippen LogP contribution in [0.4, 0.5) is 0 Å². The fourth-order valence-electron chi connectivity index (χ4n) is 2.33. The van der Waals surface area contributed by atoms with Crippen molar-refractivity contribution in [2.75, 3.05) is 0 Å². The number of H-pyrrole nitrogens is 1. The van der Waals surface area contributed by atoms with Gasteiger partial charge in [0.25, 0.3) is 0 Å². The summed E-state index contributed by atoms with van der Waals surface area (Å²) in [6.45, 7) is 6.64. The molecule has 0 spiro atoms. The predicted octanol–water partition coefficient (Wildman–Crippen LogP) is 4.38. The van der Waals surface area contributed by atoms with Gasteiger partial charge in [-0.1, -0.05) is 32.9 Å². The molecule has 3 nitrogen and oxygen atoms in total. The molecule has 3 aromatic rings. The SMILES string of the molecule is CC(C)(C)c1ccc(-n2c(=S)[nH]c3cnccc32)cc1. The van der Waals surface area contributed by atoms with Gasteiger partial charge in [-0.05, 0) is 41.4 Å². The maximum absolute atomic E-state index is 5.42. The van der Waals surface area contributed by atoms with Gasteiger partial charge in [-0.25, -0.2) is 0 Å². The normalized spacial score (nSPS) is 11.9. The summed E-state index contributed by atoms with van der Waals surface area (Å²) in [4.78, 5) is 7.30. The first kappa shape index (κ1) is 13.1. The lowest BCUT2D eigenvalue weighted by molar-refractivity contribution is 0.590. The summed E-state index contributed by atoms with van der Waals surface area (Å²) in [5.74, 6) is 0. The summed E-state index contributed by atoms with van der Waals surface area (Å²) in [5.41, 5.74) is 4.55. The Bertz CT molecular complexity index is 804. The molecule has 0 aliphatic carbocycles. The van der Waals surface area contributed by atoms with Gasteiger partial charge in [0.05, 0.1) is 17.2 Å². The Balaban J connectivity index is 2.17. The first-order valence-electron chi connectivity index (χ1n) is 6.62. The van der Waals surface area contributed by atoms with E-state index in [1.165, 1.54) is 5.56 Å². The van der Waals surface area contributed by atoms with Gasteiger partial charge >= 0.3 is 0 Å². The monoisotopic (exact) mass is 283 g/mol. The summed E-state index contributed by atoms with van der Waals surface area (Å²) >= 11 is 5.42. The van der Waals surface area contributed by atoms with Crippen LogP contribution in [0.15, 0.2) is 42.7 Å². The van der Waals surface area contributed by atoms with Crippen molar-refractivity contribution in [1.82, 2.24) is 14.5 Å². The van der Waals surface area contributed by atoms with E-state index in [1.54, 1.807) is 12.4 Å². The van der Waals surface area contributed by atoms with E-state index in [0.29, 0.717) is 4.77 Å². The molecule has 0 aliphatic rings. The van der Waals surface area contributed by atoms with Crippen LogP contribution in [0, 0.1) is 4.77 Å². The molecule has 1 aromatic carbocycles. The van der Waals surface area contributed by atoms with Crippen molar-refractivity contribution in [3.63, 3.8) is 0 Å². The first-order valence-corrected chi connectivity index (χ1v) is 7.03. The number of pyridine rings is 1. The van der Waals surface area contributed by atoms with Gasteiger partial charge in [-0.3, -0.25) is 9.55 Å². The van der Waals surface area contributed by atoms with E-state index in [2.05, 4.69) is 55.0 Å². The second-order valence-corrected chi connectivity index (χ2v) is 6.34. The topological polar surface area (TPSA) is 33.6 Å². The highest BCUT2D eigenvalue weighted by Gasteiger charge is 2.13. The zero-order valence-electron chi connectivity index (χ0n) is 11.8. The zero-order valence-corrected chi connectivity index (χ0v) is 12.7. The number of rotatable bonds is 1. The molecule has 0 bridgehead atoms. The maximum Gasteiger partial charge on any atom is 0.182 e. The fraction of sp³-hybridized carbons (Fsp3) is 0.250. The molecular formula is C16H17N3S. The highest BCUT2D eigenvalue weighted by atomic mass is 32.1. The molecule has 0 fully saturated rings.